The molecule has 2 rings (SSSR count). The van der Waals surface area contributed by atoms with Gasteiger partial charge >= 0.3 is 5.97 Å². The van der Waals surface area contributed by atoms with Gasteiger partial charge in [-0.2, -0.15) is 0 Å². The summed E-state index contributed by atoms with van der Waals surface area (Å²) in [5, 5.41) is 27.1. The number of carbonyl (C=O) groups is 4. The third-order valence-corrected chi connectivity index (χ3v) is 6.24. The van der Waals surface area contributed by atoms with Gasteiger partial charge in [-0.1, -0.05) is 26.0 Å². The van der Waals surface area contributed by atoms with Crippen molar-refractivity contribution in [3.05, 3.63) is 48.0 Å². The van der Waals surface area contributed by atoms with Crippen molar-refractivity contribution < 1.29 is 29.4 Å². The minimum Gasteiger partial charge on any atom is -0.508 e. The number of amides is 3. The number of imidazole rings is 1. The van der Waals surface area contributed by atoms with E-state index in [0.29, 0.717) is 17.7 Å². The van der Waals surface area contributed by atoms with Crippen molar-refractivity contribution in [1.82, 2.24) is 25.9 Å². The summed E-state index contributed by atoms with van der Waals surface area (Å²) in [7, 11) is 0. The fourth-order valence-corrected chi connectivity index (χ4v) is 4.10. The van der Waals surface area contributed by atoms with Gasteiger partial charge in [-0.3, -0.25) is 19.4 Å². The quantitative estimate of drug-likeness (QED) is 0.0610. The number of aromatic amines is 1. The zero-order chi connectivity index (χ0) is 31.2. The van der Waals surface area contributed by atoms with Gasteiger partial charge in [0.05, 0.1) is 12.4 Å². The lowest BCUT2D eigenvalue weighted by atomic mass is 10.0. The lowest BCUT2D eigenvalue weighted by Crippen LogP contribution is -2.57. The van der Waals surface area contributed by atoms with Crippen molar-refractivity contribution in [3.63, 3.8) is 0 Å². The van der Waals surface area contributed by atoms with Crippen LogP contribution in [0.3, 0.4) is 0 Å². The summed E-state index contributed by atoms with van der Waals surface area (Å²) in [4.78, 5) is 62.1. The molecule has 2 aromatic rings. The number of carboxylic acids is 1. The fourth-order valence-electron chi connectivity index (χ4n) is 4.10. The van der Waals surface area contributed by atoms with Gasteiger partial charge < -0.3 is 48.3 Å². The molecule has 1 aromatic heterocycles. The molecule has 4 unspecified atom stereocenters. The van der Waals surface area contributed by atoms with Crippen molar-refractivity contribution in [3.8, 4) is 5.75 Å². The number of nitrogens with two attached hydrogens (primary N) is 3. The van der Waals surface area contributed by atoms with E-state index in [1.165, 1.54) is 24.7 Å². The molecule has 0 saturated heterocycles. The Morgan fingerprint density at radius 1 is 0.952 bits per heavy atom. The maximum absolute atomic E-state index is 13.5. The highest BCUT2D eigenvalue weighted by molar-refractivity contribution is 5.94. The summed E-state index contributed by atoms with van der Waals surface area (Å²) in [5.74, 6) is -3.22. The topological polar surface area (TPSA) is 264 Å². The van der Waals surface area contributed by atoms with E-state index in [1.807, 2.05) is 13.8 Å². The molecule has 0 aliphatic carbocycles. The zero-order valence-corrected chi connectivity index (χ0v) is 23.7. The number of aliphatic imine (C=N–C) groups is 1. The number of phenols is 1. The van der Waals surface area contributed by atoms with Gasteiger partial charge in [0.15, 0.2) is 5.96 Å². The molecule has 1 aromatic carbocycles. The Morgan fingerprint density at radius 3 is 2.14 bits per heavy atom. The number of benzene rings is 1. The van der Waals surface area contributed by atoms with Crippen LogP contribution >= 0.6 is 0 Å². The van der Waals surface area contributed by atoms with Gasteiger partial charge in [-0.15, -0.1) is 0 Å². The third kappa shape index (κ3) is 11.8. The molecular formula is C27H41N9O6. The number of nitrogens with one attached hydrogen (secondary N) is 4. The molecule has 0 aliphatic heterocycles. The maximum atomic E-state index is 13.5. The number of H-pyrrole nitrogens is 1. The smallest absolute Gasteiger partial charge is 0.326 e. The van der Waals surface area contributed by atoms with Crippen LogP contribution in [0.15, 0.2) is 41.8 Å². The van der Waals surface area contributed by atoms with Crippen molar-refractivity contribution >= 4 is 29.7 Å². The Hall–Kier alpha value is -4.66. The molecule has 0 aliphatic rings. The molecular weight excluding hydrogens is 546 g/mol. The molecule has 4 atom stereocenters. The Labute approximate surface area is 243 Å². The third-order valence-electron chi connectivity index (χ3n) is 6.24. The first-order valence-electron chi connectivity index (χ1n) is 13.6. The maximum Gasteiger partial charge on any atom is 0.326 e. The first-order valence-corrected chi connectivity index (χ1v) is 13.6. The van der Waals surface area contributed by atoms with Crippen LogP contribution in [0, 0.1) is 5.92 Å². The molecule has 230 valence electrons. The van der Waals surface area contributed by atoms with Gasteiger partial charge in [0.2, 0.25) is 17.7 Å². The highest BCUT2D eigenvalue weighted by atomic mass is 16.4. The van der Waals surface area contributed by atoms with E-state index in [-0.39, 0.29) is 49.9 Å². The van der Waals surface area contributed by atoms with Crippen molar-refractivity contribution in [2.75, 3.05) is 6.54 Å². The Balaban J connectivity index is 2.26. The molecule has 0 radical (unpaired) electrons. The Morgan fingerprint density at radius 2 is 1.57 bits per heavy atom. The summed E-state index contributed by atoms with van der Waals surface area (Å²) in [5.41, 5.74) is 17.9. The number of carbonyl (C=O) groups excluding carboxylic acids is 3. The lowest BCUT2D eigenvalue weighted by molar-refractivity contribution is -0.142. The molecule has 0 saturated carbocycles. The first-order chi connectivity index (χ1) is 19.8. The Bertz CT molecular complexity index is 1200. The minimum absolute atomic E-state index is 0.0309. The molecule has 15 heteroatoms. The van der Waals surface area contributed by atoms with Crippen LogP contribution in [0.5, 0.6) is 5.75 Å². The van der Waals surface area contributed by atoms with E-state index in [9.17, 15) is 29.4 Å². The number of guanidine groups is 1. The molecule has 3 amide bonds. The number of aliphatic carboxylic acids is 1. The van der Waals surface area contributed by atoms with E-state index in [0.717, 1.165) is 0 Å². The van der Waals surface area contributed by atoms with Crippen molar-refractivity contribution in [2.24, 2.45) is 28.1 Å². The van der Waals surface area contributed by atoms with Crippen LogP contribution in [0.4, 0.5) is 0 Å². The summed E-state index contributed by atoms with van der Waals surface area (Å²) in [6.07, 6.45) is 3.53. The van der Waals surface area contributed by atoms with E-state index in [4.69, 9.17) is 17.2 Å². The molecule has 0 fully saturated rings. The fraction of sp³-hybridized carbons (Fsp3) is 0.481. The molecule has 0 bridgehead atoms. The average molecular weight is 588 g/mol. The molecule has 42 heavy (non-hydrogen) atoms. The number of phenolic OH excluding ortho intramolecular Hbond substituents is 1. The zero-order valence-electron chi connectivity index (χ0n) is 23.7. The van der Waals surface area contributed by atoms with Crippen molar-refractivity contribution in [2.45, 2.75) is 70.1 Å². The number of aromatic hydroxyl groups is 1. The number of rotatable bonds is 17. The van der Waals surface area contributed by atoms with Gasteiger partial charge in [0, 0.05) is 31.3 Å². The number of hydrogen-bond donors (Lipinski definition) is 9. The monoisotopic (exact) mass is 587 g/mol. The number of carboxylic acid groups (broad SMARTS) is 1. The van der Waals surface area contributed by atoms with Gasteiger partial charge in [0.25, 0.3) is 0 Å². The molecule has 15 nitrogen and oxygen atoms in total. The Kier molecular flexibility index (Phi) is 13.2. The molecule has 12 N–H and O–H groups in total. The van der Waals surface area contributed by atoms with Crippen LogP contribution in [0.1, 0.15) is 44.4 Å². The predicted molar refractivity (Wildman–Crippen MR) is 155 cm³/mol. The van der Waals surface area contributed by atoms with E-state index >= 15 is 0 Å². The van der Waals surface area contributed by atoms with Crippen LogP contribution in [-0.2, 0) is 32.0 Å². The second-order valence-electron chi connectivity index (χ2n) is 10.4. The lowest BCUT2D eigenvalue weighted by Gasteiger charge is -2.25. The van der Waals surface area contributed by atoms with Crippen LogP contribution < -0.4 is 33.2 Å². The van der Waals surface area contributed by atoms with Gasteiger partial charge in [-0.25, -0.2) is 9.78 Å². The predicted octanol–water partition coefficient (Wildman–Crippen LogP) is -1.13. The minimum atomic E-state index is -1.31. The normalized spacial score (nSPS) is 13.8. The summed E-state index contributed by atoms with van der Waals surface area (Å²) >= 11 is 0. The highest BCUT2D eigenvalue weighted by Gasteiger charge is 2.30. The number of nitrogens with zero attached hydrogens (tertiary/aromatic N) is 2. The van der Waals surface area contributed by atoms with E-state index < -0.39 is 47.9 Å². The summed E-state index contributed by atoms with van der Waals surface area (Å²) in [6, 6.07) is 1.61. The van der Waals surface area contributed by atoms with E-state index in [2.05, 4.69) is 30.9 Å². The molecule has 0 spiro atoms. The largest absolute Gasteiger partial charge is 0.508 e. The molecule has 1 heterocycles. The summed E-state index contributed by atoms with van der Waals surface area (Å²) < 4.78 is 0. The SMILES string of the molecule is CC(C)CC(N)C(=O)NC(Cc1ccc(O)cc1)C(=O)NC(CCCN=C(N)N)C(=O)NC(Cc1cnc[nH]1)C(=O)O. The second kappa shape index (κ2) is 16.6. The second-order valence-corrected chi connectivity index (χ2v) is 10.4. The van der Waals surface area contributed by atoms with Crippen LogP contribution in [0.2, 0.25) is 0 Å². The summed E-state index contributed by atoms with van der Waals surface area (Å²) in [6.45, 7) is 3.99. The average Bonchev–Trinajstić information content (AvgIpc) is 3.43. The first kappa shape index (κ1) is 33.5. The van der Waals surface area contributed by atoms with Gasteiger partial charge in [0.1, 0.15) is 23.9 Å². The van der Waals surface area contributed by atoms with Crippen LogP contribution in [0.25, 0.3) is 0 Å². The standard InChI is InChI=1S/C27H41N9O6/c1-15(2)10-19(28)23(38)35-21(11-16-5-7-18(37)8-6-16)25(40)34-20(4-3-9-32-27(29)30)24(39)36-22(26(41)42)12-17-13-31-14-33-17/h5-8,13-15,19-22,37H,3-4,9-12,28H2,1-2H3,(H,31,33)(H,34,40)(H,35,38)(H,36,39)(H,41,42)(H4,29,30,32). The van der Waals surface area contributed by atoms with Crippen LogP contribution in [-0.4, -0.2) is 80.5 Å². The highest BCUT2D eigenvalue weighted by Crippen LogP contribution is 2.13. The number of hydrogen-bond acceptors (Lipinski definition) is 8. The van der Waals surface area contributed by atoms with Crippen molar-refractivity contribution in [1.29, 1.82) is 0 Å². The van der Waals surface area contributed by atoms with E-state index in [1.54, 1.807) is 12.1 Å². The van der Waals surface area contributed by atoms with Gasteiger partial charge in [-0.05, 0) is 42.9 Å². The number of aromatic nitrogens is 2.